The standard InChI is InChI=1S/C24H36O2/c1-18-7-11-23(12-8-18)24-25-16-20(17-26-24)15-19-9-13-22(14-10-19)21-5-3-2-4-6-21/h7-8,11-12,19-22,24H,2-6,9-10,13-17H2,1H3. The predicted octanol–water partition coefficient (Wildman–Crippen LogP) is 6.43. The lowest BCUT2D eigenvalue weighted by atomic mass is 9.70. The summed E-state index contributed by atoms with van der Waals surface area (Å²) in [4.78, 5) is 0. The van der Waals surface area contributed by atoms with E-state index in [2.05, 4.69) is 31.2 Å². The van der Waals surface area contributed by atoms with E-state index in [1.807, 2.05) is 0 Å². The van der Waals surface area contributed by atoms with Crippen LogP contribution in [0.5, 0.6) is 0 Å². The van der Waals surface area contributed by atoms with Gasteiger partial charge in [-0.3, -0.25) is 0 Å². The molecule has 0 amide bonds. The van der Waals surface area contributed by atoms with Crippen LogP contribution in [0.1, 0.15) is 81.6 Å². The van der Waals surface area contributed by atoms with Crippen LogP contribution < -0.4 is 0 Å². The first-order valence-corrected chi connectivity index (χ1v) is 11.1. The molecule has 1 aliphatic heterocycles. The Labute approximate surface area is 159 Å². The maximum atomic E-state index is 6.05. The Kier molecular flexibility index (Phi) is 6.32. The van der Waals surface area contributed by atoms with Gasteiger partial charge in [-0.15, -0.1) is 0 Å². The molecule has 144 valence electrons. The Morgan fingerprint density at radius 3 is 2.00 bits per heavy atom. The van der Waals surface area contributed by atoms with Crippen molar-refractivity contribution in [2.75, 3.05) is 13.2 Å². The van der Waals surface area contributed by atoms with Gasteiger partial charge in [-0.05, 0) is 43.9 Å². The summed E-state index contributed by atoms with van der Waals surface area (Å²) in [7, 11) is 0. The summed E-state index contributed by atoms with van der Waals surface area (Å²) >= 11 is 0. The largest absolute Gasteiger partial charge is 0.348 e. The number of hydrogen-bond donors (Lipinski definition) is 0. The van der Waals surface area contributed by atoms with E-state index < -0.39 is 0 Å². The van der Waals surface area contributed by atoms with Crippen LogP contribution in [0.25, 0.3) is 0 Å². The van der Waals surface area contributed by atoms with Crippen LogP contribution in [0, 0.1) is 30.6 Å². The Balaban J connectivity index is 1.18. The van der Waals surface area contributed by atoms with Crippen molar-refractivity contribution in [1.29, 1.82) is 0 Å². The molecule has 2 heteroatoms. The molecule has 0 unspecified atom stereocenters. The highest BCUT2D eigenvalue weighted by Gasteiger charge is 2.31. The van der Waals surface area contributed by atoms with Gasteiger partial charge in [0.2, 0.25) is 0 Å². The van der Waals surface area contributed by atoms with Gasteiger partial charge in [-0.1, -0.05) is 74.8 Å². The summed E-state index contributed by atoms with van der Waals surface area (Å²) in [5.41, 5.74) is 2.44. The van der Waals surface area contributed by atoms with Gasteiger partial charge in [0.1, 0.15) is 0 Å². The molecule has 1 heterocycles. The number of rotatable bonds is 4. The van der Waals surface area contributed by atoms with Crippen LogP contribution in [-0.2, 0) is 9.47 Å². The van der Waals surface area contributed by atoms with Crippen LogP contribution in [0.3, 0.4) is 0 Å². The van der Waals surface area contributed by atoms with Crippen molar-refractivity contribution in [3.05, 3.63) is 35.4 Å². The minimum absolute atomic E-state index is 0.158. The van der Waals surface area contributed by atoms with E-state index >= 15 is 0 Å². The van der Waals surface area contributed by atoms with Crippen molar-refractivity contribution < 1.29 is 9.47 Å². The highest BCUT2D eigenvalue weighted by Crippen LogP contribution is 2.42. The summed E-state index contributed by atoms with van der Waals surface area (Å²) in [6, 6.07) is 8.54. The molecule has 0 N–H and O–H groups in total. The monoisotopic (exact) mass is 356 g/mol. The minimum Gasteiger partial charge on any atom is -0.348 e. The second kappa shape index (κ2) is 8.89. The lowest BCUT2D eigenvalue weighted by Gasteiger charge is -2.37. The molecule has 2 saturated carbocycles. The third-order valence-electron chi connectivity index (χ3n) is 7.19. The zero-order valence-corrected chi connectivity index (χ0v) is 16.5. The van der Waals surface area contributed by atoms with Crippen molar-refractivity contribution in [3.8, 4) is 0 Å². The fraction of sp³-hybridized carbons (Fsp3) is 0.750. The van der Waals surface area contributed by atoms with E-state index in [1.54, 1.807) is 0 Å². The van der Waals surface area contributed by atoms with Crippen molar-refractivity contribution in [2.24, 2.45) is 23.7 Å². The summed E-state index contributed by atoms with van der Waals surface area (Å²) in [5.74, 6) is 3.59. The Bertz CT molecular complexity index is 530. The van der Waals surface area contributed by atoms with Gasteiger partial charge in [-0.25, -0.2) is 0 Å². The predicted molar refractivity (Wildman–Crippen MR) is 106 cm³/mol. The second-order valence-corrected chi connectivity index (χ2v) is 9.19. The topological polar surface area (TPSA) is 18.5 Å². The summed E-state index contributed by atoms with van der Waals surface area (Å²) in [6.45, 7) is 3.84. The smallest absolute Gasteiger partial charge is 0.183 e. The van der Waals surface area contributed by atoms with Gasteiger partial charge in [0.05, 0.1) is 13.2 Å². The average Bonchev–Trinajstić information content (AvgIpc) is 2.71. The van der Waals surface area contributed by atoms with Crippen molar-refractivity contribution in [1.82, 2.24) is 0 Å². The molecule has 1 aromatic rings. The molecule has 0 bridgehead atoms. The van der Waals surface area contributed by atoms with E-state index in [-0.39, 0.29) is 6.29 Å². The van der Waals surface area contributed by atoms with Gasteiger partial charge in [0.25, 0.3) is 0 Å². The molecule has 4 rings (SSSR count). The molecule has 2 aliphatic carbocycles. The molecule has 1 saturated heterocycles. The van der Waals surface area contributed by atoms with E-state index in [0.717, 1.165) is 36.5 Å². The number of ether oxygens (including phenoxy) is 2. The van der Waals surface area contributed by atoms with E-state index in [1.165, 1.54) is 69.8 Å². The van der Waals surface area contributed by atoms with Gasteiger partial charge < -0.3 is 9.47 Å². The highest BCUT2D eigenvalue weighted by molar-refractivity contribution is 5.22. The summed E-state index contributed by atoms with van der Waals surface area (Å²) < 4.78 is 12.1. The fourth-order valence-corrected chi connectivity index (χ4v) is 5.57. The summed E-state index contributed by atoms with van der Waals surface area (Å²) in [5, 5.41) is 0. The van der Waals surface area contributed by atoms with Crippen molar-refractivity contribution in [3.63, 3.8) is 0 Å². The van der Waals surface area contributed by atoms with Crippen LogP contribution in [0.4, 0.5) is 0 Å². The Hall–Kier alpha value is -0.860. The number of aryl methyl sites for hydroxylation is 1. The lowest BCUT2D eigenvalue weighted by molar-refractivity contribution is -0.207. The van der Waals surface area contributed by atoms with Crippen LogP contribution >= 0.6 is 0 Å². The quantitative estimate of drug-likeness (QED) is 0.618. The second-order valence-electron chi connectivity index (χ2n) is 9.19. The zero-order chi connectivity index (χ0) is 17.8. The third-order valence-corrected chi connectivity index (χ3v) is 7.19. The third kappa shape index (κ3) is 4.70. The molecule has 3 aliphatic rings. The molecule has 0 spiro atoms. The minimum atomic E-state index is -0.158. The van der Waals surface area contributed by atoms with E-state index in [9.17, 15) is 0 Å². The normalized spacial score (nSPS) is 33.9. The van der Waals surface area contributed by atoms with E-state index in [0.29, 0.717) is 5.92 Å². The van der Waals surface area contributed by atoms with Gasteiger partial charge in [-0.2, -0.15) is 0 Å². The number of benzene rings is 1. The molecule has 0 radical (unpaired) electrons. The van der Waals surface area contributed by atoms with Crippen LogP contribution in [-0.4, -0.2) is 13.2 Å². The van der Waals surface area contributed by atoms with Gasteiger partial charge >= 0.3 is 0 Å². The molecule has 0 atom stereocenters. The van der Waals surface area contributed by atoms with Gasteiger partial charge in [0.15, 0.2) is 6.29 Å². The highest BCUT2D eigenvalue weighted by atomic mass is 16.7. The molecule has 26 heavy (non-hydrogen) atoms. The first-order valence-electron chi connectivity index (χ1n) is 11.1. The van der Waals surface area contributed by atoms with Crippen molar-refractivity contribution in [2.45, 2.75) is 77.4 Å². The van der Waals surface area contributed by atoms with Gasteiger partial charge in [0, 0.05) is 11.5 Å². The number of hydrogen-bond acceptors (Lipinski definition) is 2. The molecule has 2 nitrogen and oxygen atoms in total. The molecular formula is C24H36O2. The molecule has 3 fully saturated rings. The Morgan fingerprint density at radius 2 is 1.35 bits per heavy atom. The van der Waals surface area contributed by atoms with Crippen LogP contribution in [0.2, 0.25) is 0 Å². The fourth-order valence-electron chi connectivity index (χ4n) is 5.57. The SMILES string of the molecule is Cc1ccc(C2OCC(CC3CCC(C4CCCCC4)CC3)CO2)cc1. The maximum absolute atomic E-state index is 6.05. The maximum Gasteiger partial charge on any atom is 0.183 e. The molecule has 1 aromatic carbocycles. The zero-order valence-electron chi connectivity index (χ0n) is 16.5. The first-order chi connectivity index (χ1) is 12.8. The van der Waals surface area contributed by atoms with Crippen molar-refractivity contribution >= 4 is 0 Å². The first kappa shape index (κ1) is 18.5. The van der Waals surface area contributed by atoms with Crippen LogP contribution in [0.15, 0.2) is 24.3 Å². The Morgan fingerprint density at radius 1 is 0.731 bits per heavy atom. The average molecular weight is 357 g/mol. The lowest BCUT2D eigenvalue weighted by Crippen LogP contribution is -2.30. The molecule has 0 aromatic heterocycles. The van der Waals surface area contributed by atoms with E-state index in [4.69, 9.17) is 9.47 Å². The molecular weight excluding hydrogens is 320 g/mol. The summed E-state index contributed by atoms with van der Waals surface area (Å²) in [6.07, 6.45) is 14.5.